The molecule has 1 unspecified atom stereocenters. The quantitative estimate of drug-likeness (QED) is 0.792. The smallest absolute Gasteiger partial charge is 0.230 e. The number of nitriles is 1. The summed E-state index contributed by atoms with van der Waals surface area (Å²) in [4.78, 5) is 13.0. The average Bonchev–Trinajstić information content (AvgIpc) is 2.44. The maximum atomic E-state index is 12.0. The minimum absolute atomic E-state index is 0.0438. The van der Waals surface area contributed by atoms with E-state index in [0.717, 1.165) is 4.90 Å². The van der Waals surface area contributed by atoms with Gasteiger partial charge in [-0.3, -0.25) is 4.79 Å². The van der Waals surface area contributed by atoms with Gasteiger partial charge in [-0.1, -0.05) is 20.8 Å². The van der Waals surface area contributed by atoms with Gasteiger partial charge in [-0.05, 0) is 36.1 Å². The third-order valence-corrected chi connectivity index (χ3v) is 4.16. The molecule has 4 nitrogen and oxygen atoms in total. The standard InChI is InChI=1S/C16H22N2O2S/c1-16(2,3)14(8-9-19)18-15(20)11-21-13-6-4-12(10-17)5-7-13/h4-7,14,19H,8-9,11H2,1-3H3,(H,18,20). The van der Waals surface area contributed by atoms with Gasteiger partial charge in [0.25, 0.3) is 0 Å². The lowest BCUT2D eigenvalue weighted by atomic mass is 9.85. The van der Waals surface area contributed by atoms with Crippen LogP contribution in [0.1, 0.15) is 32.8 Å². The number of hydrogen-bond acceptors (Lipinski definition) is 4. The molecule has 0 saturated carbocycles. The van der Waals surface area contributed by atoms with Crippen molar-refractivity contribution in [2.24, 2.45) is 5.41 Å². The van der Waals surface area contributed by atoms with E-state index in [2.05, 4.69) is 11.4 Å². The molecule has 0 fully saturated rings. The van der Waals surface area contributed by atoms with Crippen LogP contribution in [0.2, 0.25) is 0 Å². The Hall–Kier alpha value is -1.51. The zero-order valence-corrected chi connectivity index (χ0v) is 13.5. The van der Waals surface area contributed by atoms with Crippen LogP contribution in [0, 0.1) is 16.7 Å². The minimum Gasteiger partial charge on any atom is -0.396 e. The van der Waals surface area contributed by atoms with E-state index in [-0.39, 0.29) is 24.0 Å². The van der Waals surface area contributed by atoms with Gasteiger partial charge in [0, 0.05) is 17.5 Å². The number of hydrogen-bond donors (Lipinski definition) is 2. The van der Waals surface area contributed by atoms with Gasteiger partial charge in [-0.15, -0.1) is 11.8 Å². The monoisotopic (exact) mass is 306 g/mol. The summed E-state index contributed by atoms with van der Waals surface area (Å²) >= 11 is 1.43. The molecule has 0 heterocycles. The highest BCUT2D eigenvalue weighted by molar-refractivity contribution is 8.00. The molecule has 0 aromatic heterocycles. The number of thioether (sulfide) groups is 1. The molecular weight excluding hydrogens is 284 g/mol. The summed E-state index contributed by atoms with van der Waals surface area (Å²) in [7, 11) is 0. The van der Waals surface area contributed by atoms with E-state index in [1.165, 1.54) is 11.8 Å². The molecule has 0 aliphatic heterocycles. The number of aliphatic hydroxyl groups is 1. The molecule has 0 aliphatic carbocycles. The third-order valence-electron chi connectivity index (χ3n) is 3.15. The molecule has 0 bridgehead atoms. The van der Waals surface area contributed by atoms with Crippen molar-refractivity contribution < 1.29 is 9.90 Å². The predicted octanol–water partition coefficient (Wildman–Crippen LogP) is 2.56. The Morgan fingerprint density at radius 1 is 1.38 bits per heavy atom. The van der Waals surface area contributed by atoms with E-state index in [1.54, 1.807) is 12.1 Å². The van der Waals surface area contributed by atoms with Crippen molar-refractivity contribution in [1.82, 2.24) is 5.32 Å². The second kappa shape index (κ2) is 8.06. The van der Waals surface area contributed by atoms with Crippen molar-refractivity contribution in [3.8, 4) is 6.07 Å². The van der Waals surface area contributed by atoms with Gasteiger partial charge in [0.05, 0.1) is 17.4 Å². The van der Waals surface area contributed by atoms with E-state index in [0.29, 0.717) is 17.7 Å². The molecule has 0 aliphatic rings. The van der Waals surface area contributed by atoms with Crippen LogP contribution in [0.5, 0.6) is 0 Å². The van der Waals surface area contributed by atoms with Crippen LogP contribution in [0.15, 0.2) is 29.2 Å². The van der Waals surface area contributed by atoms with E-state index in [9.17, 15) is 4.79 Å². The van der Waals surface area contributed by atoms with Gasteiger partial charge >= 0.3 is 0 Å². The Bertz CT molecular complexity index is 500. The highest BCUT2D eigenvalue weighted by Crippen LogP contribution is 2.22. The highest BCUT2D eigenvalue weighted by Gasteiger charge is 2.25. The topological polar surface area (TPSA) is 73.1 Å². The number of rotatable bonds is 6. The summed E-state index contributed by atoms with van der Waals surface area (Å²) in [5, 5.41) is 20.8. The molecule has 0 radical (unpaired) electrons. The van der Waals surface area contributed by atoms with Gasteiger partial charge in [0.1, 0.15) is 0 Å². The number of aliphatic hydroxyl groups excluding tert-OH is 1. The van der Waals surface area contributed by atoms with Gasteiger partial charge in [0.2, 0.25) is 5.91 Å². The fourth-order valence-corrected chi connectivity index (χ4v) is 2.57. The van der Waals surface area contributed by atoms with Crippen molar-refractivity contribution in [2.45, 2.75) is 38.1 Å². The fraction of sp³-hybridized carbons (Fsp3) is 0.500. The summed E-state index contributed by atoms with van der Waals surface area (Å²) in [5.74, 6) is 0.280. The average molecular weight is 306 g/mol. The van der Waals surface area contributed by atoms with Crippen LogP contribution in [-0.4, -0.2) is 29.4 Å². The Morgan fingerprint density at radius 2 is 2.00 bits per heavy atom. The molecule has 2 N–H and O–H groups in total. The maximum absolute atomic E-state index is 12.0. The molecule has 114 valence electrons. The van der Waals surface area contributed by atoms with Crippen LogP contribution < -0.4 is 5.32 Å². The number of nitrogens with zero attached hydrogens (tertiary/aromatic N) is 1. The van der Waals surface area contributed by atoms with Crippen LogP contribution in [0.3, 0.4) is 0 Å². The summed E-state index contributed by atoms with van der Waals surface area (Å²) in [6, 6.07) is 9.18. The Labute approximate surface area is 130 Å². The molecule has 1 aromatic rings. The van der Waals surface area contributed by atoms with Crippen LogP contribution >= 0.6 is 11.8 Å². The first-order chi connectivity index (χ1) is 9.86. The lowest BCUT2D eigenvalue weighted by molar-refractivity contribution is -0.120. The molecule has 0 saturated heterocycles. The summed E-state index contributed by atoms with van der Waals surface area (Å²) in [5.41, 5.74) is 0.525. The molecule has 1 aromatic carbocycles. The molecule has 1 atom stereocenters. The van der Waals surface area contributed by atoms with Crippen LogP contribution in [0.4, 0.5) is 0 Å². The SMILES string of the molecule is CC(C)(C)C(CCO)NC(=O)CSc1ccc(C#N)cc1. The molecule has 1 rings (SSSR count). The van der Waals surface area contributed by atoms with Crippen molar-refractivity contribution in [3.05, 3.63) is 29.8 Å². The second-order valence-corrected chi connectivity index (χ2v) is 6.97. The number of carbonyl (C=O) groups excluding carboxylic acids is 1. The van der Waals surface area contributed by atoms with Crippen molar-refractivity contribution in [3.63, 3.8) is 0 Å². The van der Waals surface area contributed by atoms with E-state index in [4.69, 9.17) is 10.4 Å². The minimum atomic E-state index is -0.0858. The number of benzene rings is 1. The Kier molecular flexibility index (Phi) is 6.73. The number of carbonyl (C=O) groups is 1. The van der Waals surface area contributed by atoms with Crippen molar-refractivity contribution in [1.29, 1.82) is 5.26 Å². The molecular formula is C16H22N2O2S. The summed E-state index contributed by atoms with van der Waals surface area (Å²) < 4.78 is 0. The number of nitrogens with one attached hydrogen (secondary N) is 1. The van der Waals surface area contributed by atoms with Crippen LogP contribution in [-0.2, 0) is 4.79 Å². The predicted molar refractivity (Wildman–Crippen MR) is 85.0 cm³/mol. The fourth-order valence-electron chi connectivity index (χ4n) is 1.86. The number of amides is 1. The van der Waals surface area contributed by atoms with Crippen LogP contribution in [0.25, 0.3) is 0 Å². The Balaban J connectivity index is 2.50. The highest BCUT2D eigenvalue weighted by atomic mass is 32.2. The lowest BCUT2D eigenvalue weighted by Gasteiger charge is -2.31. The summed E-state index contributed by atoms with van der Waals surface area (Å²) in [6.45, 7) is 6.19. The van der Waals surface area contributed by atoms with Crippen molar-refractivity contribution >= 4 is 17.7 Å². The molecule has 0 spiro atoms. The zero-order chi connectivity index (χ0) is 15.9. The zero-order valence-electron chi connectivity index (χ0n) is 12.7. The third kappa shape index (κ3) is 6.19. The van der Waals surface area contributed by atoms with Gasteiger partial charge in [-0.2, -0.15) is 5.26 Å². The maximum Gasteiger partial charge on any atom is 0.230 e. The van der Waals surface area contributed by atoms with Gasteiger partial charge in [-0.25, -0.2) is 0 Å². The van der Waals surface area contributed by atoms with E-state index in [1.807, 2.05) is 32.9 Å². The molecule has 5 heteroatoms. The van der Waals surface area contributed by atoms with E-state index < -0.39 is 0 Å². The van der Waals surface area contributed by atoms with Crippen molar-refractivity contribution in [2.75, 3.05) is 12.4 Å². The normalized spacial score (nSPS) is 12.5. The lowest BCUT2D eigenvalue weighted by Crippen LogP contribution is -2.45. The Morgan fingerprint density at radius 3 is 2.48 bits per heavy atom. The first-order valence-corrected chi connectivity index (χ1v) is 7.88. The summed E-state index contributed by atoms with van der Waals surface area (Å²) in [6.07, 6.45) is 0.552. The van der Waals surface area contributed by atoms with E-state index >= 15 is 0 Å². The first kappa shape index (κ1) is 17.5. The van der Waals surface area contributed by atoms with Gasteiger partial charge in [0.15, 0.2) is 0 Å². The van der Waals surface area contributed by atoms with Gasteiger partial charge < -0.3 is 10.4 Å². The molecule has 1 amide bonds. The first-order valence-electron chi connectivity index (χ1n) is 6.90. The molecule has 21 heavy (non-hydrogen) atoms. The second-order valence-electron chi connectivity index (χ2n) is 5.92. The largest absolute Gasteiger partial charge is 0.396 e.